The molecule has 0 bridgehead atoms. The van der Waals surface area contributed by atoms with Crippen LogP contribution in [0.2, 0.25) is 0 Å². The lowest BCUT2D eigenvalue weighted by atomic mass is 10.0. The van der Waals surface area contributed by atoms with E-state index in [1.54, 1.807) is 0 Å². The molecule has 0 saturated carbocycles. The first-order valence-corrected chi connectivity index (χ1v) is 6.92. The molecule has 0 spiro atoms. The monoisotopic (exact) mass is 247 g/mol. The third kappa shape index (κ3) is 3.09. The zero-order valence-corrected chi connectivity index (χ0v) is 12.0. The minimum atomic E-state index is 0.438. The first kappa shape index (κ1) is 13.5. The highest BCUT2D eigenvalue weighted by Crippen LogP contribution is 2.29. The Balaban J connectivity index is 2.05. The van der Waals surface area contributed by atoms with Gasteiger partial charge >= 0.3 is 0 Å². The number of nitrogens with one attached hydrogen (secondary N) is 1. The Morgan fingerprint density at radius 3 is 2.89 bits per heavy atom. The van der Waals surface area contributed by atoms with E-state index in [4.69, 9.17) is 0 Å². The normalized spacial score (nSPS) is 20.4. The highest BCUT2D eigenvalue weighted by atomic mass is 15.1. The number of hydrogen-bond acceptors (Lipinski definition) is 3. The minimum absolute atomic E-state index is 0.438. The van der Waals surface area contributed by atoms with Gasteiger partial charge in [-0.25, -0.2) is 0 Å². The van der Waals surface area contributed by atoms with E-state index in [1.165, 1.54) is 17.7 Å². The molecule has 2 atom stereocenters. The molecule has 100 valence electrons. The molecule has 0 fully saturated rings. The molecule has 0 radical (unpaired) electrons. The first-order valence-electron chi connectivity index (χ1n) is 6.92. The number of aromatic nitrogens is 1. The fourth-order valence-electron chi connectivity index (χ4n) is 2.68. The van der Waals surface area contributed by atoms with Gasteiger partial charge in [0.2, 0.25) is 0 Å². The fourth-order valence-corrected chi connectivity index (χ4v) is 2.68. The number of aryl methyl sites for hydroxylation is 1. The van der Waals surface area contributed by atoms with E-state index in [0.29, 0.717) is 18.0 Å². The molecular weight excluding hydrogens is 222 g/mol. The Labute approximate surface area is 111 Å². The van der Waals surface area contributed by atoms with Crippen molar-refractivity contribution in [3.05, 3.63) is 29.6 Å². The fraction of sp³-hybridized carbons (Fsp3) is 0.667. The summed E-state index contributed by atoms with van der Waals surface area (Å²) in [4.78, 5) is 6.81. The van der Waals surface area contributed by atoms with E-state index in [2.05, 4.69) is 49.2 Å². The molecule has 0 saturated heterocycles. The number of hydrogen-bond donors (Lipinski definition) is 1. The van der Waals surface area contributed by atoms with Crippen LogP contribution in [0.1, 0.15) is 37.6 Å². The Kier molecular flexibility index (Phi) is 4.36. The van der Waals surface area contributed by atoms with E-state index in [0.717, 1.165) is 13.0 Å². The van der Waals surface area contributed by atoms with E-state index in [-0.39, 0.29) is 0 Å². The number of rotatable bonds is 5. The summed E-state index contributed by atoms with van der Waals surface area (Å²) >= 11 is 0. The maximum absolute atomic E-state index is 4.56. The minimum Gasteiger partial charge on any atom is -0.308 e. The molecule has 0 amide bonds. The van der Waals surface area contributed by atoms with Gasteiger partial charge in [0.05, 0.1) is 11.7 Å². The predicted octanol–water partition coefficient (Wildman–Crippen LogP) is 2.24. The van der Waals surface area contributed by atoms with Gasteiger partial charge in [-0.05, 0) is 44.5 Å². The molecule has 0 aliphatic heterocycles. The molecule has 18 heavy (non-hydrogen) atoms. The third-order valence-corrected chi connectivity index (χ3v) is 3.74. The van der Waals surface area contributed by atoms with Crippen molar-refractivity contribution < 1.29 is 0 Å². The molecule has 3 heteroatoms. The largest absolute Gasteiger partial charge is 0.308 e. The summed E-state index contributed by atoms with van der Waals surface area (Å²) in [7, 11) is 4.27. The van der Waals surface area contributed by atoms with Crippen LogP contribution >= 0.6 is 0 Å². The quantitative estimate of drug-likeness (QED) is 0.865. The molecule has 0 aromatic carbocycles. The summed E-state index contributed by atoms with van der Waals surface area (Å²) in [5.74, 6) is 0.639. The summed E-state index contributed by atoms with van der Waals surface area (Å²) < 4.78 is 0. The maximum Gasteiger partial charge on any atom is 0.0605 e. The summed E-state index contributed by atoms with van der Waals surface area (Å²) in [6, 6.07) is 5.22. The first-order chi connectivity index (χ1) is 8.58. The van der Waals surface area contributed by atoms with Crippen LogP contribution in [0.15, 0.2) is 18.3 Å². The summed E-state index contributed by atoms with van der Waals surface area (Å²) in [6.07, 6.45) is 4.26. The van der Waals surface area contributed by atoms with Crippen LogP contribution in [0.3, 0.4) is 0 Å². The van der Waals surface area contributed by atoms with Crippen molar-refractivity contribution in [2.45, 2.75) is 38.8 Å². The lowest BCUT2D eigenvalue weighted by Gasteiger charge is -2.28. The van der Waals surface area contributed by atoms with Gasteiger partial charge in [0.1, 0.15) is 0 Å². The lowest BCUT2D eigenvalue weighted by Crippen LogP contribution is -2.43. The Morgan fingerprint density at radius 2 is 2.22 bits per heavy atom. The average molecular weight is 247 g/mol. The average Bonchev–Trinajstić information content (AvgIpc) is 2.71. The molecule has 1 N–H and O–H groups in total. The number of fused-ring (bicyclic) bond motifs is 1. The Hall–Kier alpha value is -0.930. The molecule has 2 rings (SSSR count). The highest BCUT2D eigenvalue weighted by molar-refractivity contribution is 5.28. The van der Waals surface area contributed by atoms with E-state index < -0.39 is 0 Å². The molecule has 1 aliphatic carbocycles. The zero-order chi connectivity index (χ0) is 13.1. The van der Waals surface area contributed by atoms with Gasteiger partial charge in [0.15, 0.2) is 0 Å². The van der Waals surface area contributed by atoms with Crippen molar-refractivity contribution in [3.8, 4) is 0 Å². The molecule has 1 aromatic heterocycles. The van der Waals surface area contributed by atoms with Gasteiger partial charge in [-0.2, -0.15) is 0 Å². The highest BCUT2D eigenvalue weighted by Gasteiger charge is 2.26. The van der Waals surface area contributed by atoms with Gasteiger partial charge in [-0.15, -0.1) is 0 Å². The van der Waals surface area contributed by atoms with Crippen molar-refractivity contribution in [2.75, 3.05) is 20.6 Å². The Morgan fingerprint density at radius 1 is 1.44 bits per heavy atom. The molecule has 1 aromatic rings. The lowest BCUT2D eigenvalue weighted by molar-refractivity contribution is 0.267. The van der Waals surface area contributed by atoms with Crippen molar-refractivity contribution in [1.29, 1.82) is 0 Å². The molecule has 1 heterocycles. The van der Waals surface area contributed by atoms with Crippen molar-refractivity contribution in [1.82, 2.24) is 15.2 Å². The van der Waals surface area contributed by atoms with Crippen LogP contribution < -0.4 is 5.32 Å². The second-order valence-electron chi connectivity index (χ2n) is 5.92. The van der Waals surface area contributed by atoms with Gasteiger partial charge in [0.25, 0.3) is 0 Å². The van der Waals surface area contributed by atoms with Gasteiger partial charge in [-0.3, -0.25) is 4.98 Å². The van der Waals surface area contributed by atoms with E-state index in [9.17, 15) is 0 Å². The van der Waals surface area contributed by atoms with Gasteiger partial charge < -0.3 is 10.2 Å². The topological polar surface area (TPSA) is 28.2 Å². The van der Waals surface area contributed by atoms with Crippen LogP contribution in [0.5, 0.6) is 0 Å². The maximum atomic E-state index is 4.56. The van der Waals surface area contributed by atoms with Crippen LogP contribution in [-0.4, -0.2) is 36.6 Å². The van der Waals surface area contributed by atoms with Crippen molar-refractivity contribution >= 4 is 0 Å². The van der Waals surface area contributed by atoms with Crippen LogP contribution in [0.4, 0.5) is 0 Å². The molecular formula is C15H25N3. The SMILES string of the molecule is CC(C)C(CN(C)C)NC1CCc2cccnc21. The summed E-state index contributed by atoms with van der Waals surface area (Å²) in [5, 5.41) is 3.80. The van der Waals surface area contributed by atoms with Crippen molar-refractivity contribution in [2.24, 2.45) is 5.92 Å². The zero-order valence-electron chi connectivity index (χ0n) is 12.0. The number of likely N-dealkylation sites (N-methyl/N-ethyl adjacent to an activating group) is 1. The van der Waals surface area contributed by atoms with Crippen LogP contribution in [-0.2, 0) is 6.42 Å². The van der Waals surface area contributed by atoms with E-state index in [1.807, 2.05) is 12.3 Å². The summed E-state index contributed by atoms with van der Waals surface area (Å²) in [6.45, 7) is 5.65. The molecule has 3 nitrogen and oxygen atoms in total. The predicted molar refractivity (Wildman–Crippen MR) is 75.6 cm³/mol. The van der Waals surface area contributed by atoms with E-state index >= 15 is 0 Å². The van der Waals surface area contributed by atoms with Crippen LogP contribution in [0, 0.1) is 5.92 Å². The number of nitrogens with zero attached hydrogens (tertiary/aromatic N) is 2. The van der Waals surface area contributed by atoms with Crippen LogP contribution in [0.25, 0.3) is 0 Å². The standard InChI is InChI=1S/C15H25N3/c1-11(2)14(10-18(3)4)17-13-8-7-12-6-5-9-16-15(12)13/h5-6,9,11,13-14,17H,7-8,10H2,1-4H3. The molecule has 1 aliphatic rings. The third-order valence-electron chi connectivity index (χ3n) is 3.74. The molecule has 2 unspecified atom stereocenters. The number of pyridine rings is 1. The second kappa shape index (κ2) is 5.81. The Bertz CT molecular complexity index is 387. The van der Waals surface area contributed by atoms with Gasteiger partial charge in [-0.1, -0.05) is 19.9 Å². The second-order valence-corrected chi connectivity index (χ2v) is 5.92. The smallest absolute Gasteiger partial charge is 0.0605 e. The summed E-state index contributed by atoms with van der Waals surface area (Å²) in [5.41, 5.74) is 2.68. The van der Waals surface area contributed by atoms with Gasteiger partial charge in [0, 0.05) is 18.8 Å². The van der Waals surface area contributed by atoms with Crippen molar-refractivity contribution in [3.63, 3.8) is 0 Å².